The highest BCUT2D eigenvalue weighted by atomic mass is 16.2. The number of para-hydroxylation sites is 1. The van der Waals surface area contributed by atoms with Crippen LogP contribution in [-0.4, -0.2) is 62.6 Å². The molecule has 1 aliphatic heterocycles. The first-order valence-electron chi connectivity index (χ1n) is 9.43. The Morgan fingerprint density at radius 1 is 1.22 bits per heavy atom. The number of nitrogens with one attached hydrogen (secondary N) is 1. The number of hydrogen-bond donors (Lipinski definition) is 1. The summed E-state index contributed by atoms with van der Waals surface area (Å²) in [7, 11) is 6.10. The van der Waals surface area contributed by atoms with Gasteiger partial charge in [-0.05, 0) is 39.1 Å². The van der Waals surface area contributed by atoms with E-state index < -0.39 is 0 Å². The molecule has 3 aromatic rings. The molecular formula is C20H26N6O. The van der Waals surface area contributed by atoms with Crippen LogP contribution < -0.4 is 0 Å². The molecule has 142 valence electrons. The predicted octanol–water partition coefficient (Wildman–Crippen LogP) is 2.38. The van der Waals surface area contributed by atoms with Gasteiger partial charge in [0.2, 0.25) is 0 Å². The molecule has 7 heteroatoms. The molecule has 0 atom stereocenters. The van der Waals surface area contributed by atoms with Gasteiger partial charge in [-0.2, -0.15) is 0 Å². The predicted molar refractivity (Wildman–Crippen MR) is 105 cm³/mol. The van der Waals surface area contributed by atoms with Crippen LogP contribution in [-0.2, 0) is 13.6 Å². The van der Waals surface area contributed by atoms with E-state index in [4.69, 9.17) is 0 Å². The number of piperidine rings is 1. The van der Waals surface area contributed by atoms with E-state index in [9.17, 15) is 4.79 Å². The zero-order valence-electron chi connectivity index (χ0n) is 16.1. The van der Waals surface area contributed by atoms with Crippen molar-refractivity contribution in [1.29, 1.82) is 0 Å². The number of aromatic amines is 1. The lowest BCUT2D eigenvalue weighted by Gasteiger charge is -2.31. The van der Waals surface area contributed by atoms with E-state index in [1.165, 1.54) is 0 Å². The second kappa shape index (κ2) is 7.15. The molecule has 1 aliphatic rings. The molecule has 0 spiro atoms. The summed E-state index contributed by atoms with van der Waals surface area (Å²) in [5, 5.41) is 9.84. The van der Waals surface area contributed by atoms with Crippen molar-refractivity contribution in [3.8, 4) is 0 Å². The van der Waals surface area contributed by atoms with Gasteiger partial charge in [-0.1, -0.05) is 18.2 Å². The van der Waals surface area contributed by atoms with E-state index in [1.54, 1.807) is 0 Å². The van der Waals surface area contributed by atoms with Crippen molar-refractivity contribution in [2.75, 3.05) is 27.2 Å². The Bertz CT molecular complexity index is 915. The van der Waals surface area contributed by atoms with Crippen LogP contribution in [0, 0.1) is 0 Å². The molecule has 1 fully saturated rings. The van der Waals surface area contributed by atoms with E-state index in [1.807, 2.05) is 56.4 Å². The number of hydrogen-bond acceptors (Lipinski definition) is 4. The van der Waals surface area contributed by atoms with Crippen molar-refractivity contribution < 1.29 is 4.79 Å². The quantitative estimate of drug-likeness (QED) is 0.770. The standard InChI is InChI=1S/C20H26N6O/c1-24(2)13-18-22-23-19(25(18)3)14-8-10-26(11-9-14)20(27)17-12-15-6-4-5-7-16(15)21-17/h4-7,12,14,21H,8-11,13H2,1-3H3. The first kappa shape index (κ1) is 17.7. The number of benzene rings is 1. The molecule has 1 amide bonds. The highest BCUT2D eigenvalue weighted by Gasteiger charge is 2.28. The summed E-state index contributed by atoms with van der Waals surface area (Å²) in [6.07, 6.45) is 1.83. The summed E-state index contributed by atoms with van der Waals surface area (Å²) >= 11 is 0. The minimum Gasteiger partial charge on any atom is -0.351 e. The maximum atomic E-state index is 12.9. The van der Waals surface area contributed by atoms with Gasteiger partial charge in [0, 0.05) is 37.0 Å². The second-order valence-electron chi connectivity index (χ2n) is 7.61. The largest absolute Gasteiger partial charge is 0.351 e. The molecule has 4 rings (SSSR count). The SMILES string of the molecule is CN(C)Cc1nnc(C2CCN(C(=O)c3cc4ccccc4[nH]3)CC2)n1C. The van der Waals surface area contributed by atoms with Crippen molar-refractivity contribution in [3.05, 3.63) is 47.7 Å². The molecule has 2 aromatic heterocycles. The van der Waals surface area contributed by atoms with Gasteiger partial charge in [0.15, 0.2) is 0 Å². The Labute approximate surface area is 159 Å². The summed E-state index contributed by atoms with van der Waals surface area (Å²) in [6.45, 7) is 2.27. The fourth-order valence-electron chi connectivity index (χ4n) is 3.85. The Hall–Kier alpha value is -2.67. The second-order valence-corrected chi connectivity index (χ2v) is 7.61. The minimum atomic E-state index is 0.0795. The molecule has 0 saturated carbocycles. The normalized spacial score (nSPS) is 15.8. The molecule has 0 radical (unpaired) electrons. The van der Waals surface area contributed by atoms with Gasteiger partial charge < -0.3 is 19.4 Å². The van der Waals surface area contributed by atoms with Crippen LogP contribution in [0.2, 0.25) is 0 Å². The molecular weight excluding hydrogens is 340 g/mol. The molecule has 0 unspecified atom stereocenters. The van der Waals surface area contributed by atoms with Gasteiger partial charge in [0.25, 0.3) is 5.91 Å². The van der Waals surface area contributed by atoms with Crippen LogP contribution in [0.1, 0.15) is 40.9 Å². The molecule has 3 heterocycles. The number of nitrogens with zero attached hydrogens (tertiary/aromatic N) is 5. The molecule has 1 aromatic carbocycles. The van der Waals surface area contributed by atoms with E-state index in [0.29, 0.717) is 11.6 Å². The number of carbonyl (C=O) groups is 1. The molecule has 1 N–H and O–H groups in total. The number of H-pyrrole nitrogens is 1. The summed E-state index contributed by atoms with van der Waals surface area (Å²) in [5.41, 5.74) is 1.67. The highest BCUT2D eigenvalue weighted by molar-refractivity contribution is 5.98. The lowest BCUT2D eigenvalue weighted by Crippen LogP contribution is -2.38. The zero-order chi connectivity index (χ0) is 19.0. The maximum absolute atomic E-state index is 12.9. The number of amides is 1. The lowest BCUT2D eigenvalue weighted by molar-refractivity contribution is 0.0705. The summed E-state index contributed by atoms with van der Waals surface area (Å²) in [6, 6.07) is 9.93. The monoisotopic (exact) mass is 366 g/mol. The van der Waals surface area contributed by atoms with E-state index >= 15 is 0 Å². The van der Waals surface area contributed by atoms with Crippen molar-refractivity contribution >= 4 is 16.8 Å². The van der Waals surface area contributed by atoms with Gasteiger partial charge in [-0.15, -0.1) is 10.2 Å². The van der Waals surface area contributed by atoms with Crippen LogP contribution in [0.25, 0.3) is 10.9 Å². The number of likely N-dealkylation sites (tertiary alicyclic amines) is 1. The third-order valence-electron chi connectivity index (χ3n) is 5.36. The Morgan fingerprint density at radius 2 is 1.96 bits per heavy atom. The number of aromatic nitrogens is 4. The molecule has 1 saturated heterocycles. The van der Waals surface area contributed by atoms with Gasteiger partial charge in [0.1, 0.15) is 17.3 Å². The summed E-state index contributed by atoms with van der Waals surface area (Å²) in [5.74, 6) is 2.44. The third kappa shape index (κ3) is 3.47. The van der Waals surface area contributed by atoms with E-state index in [-0.39, 0.29) is 5.91 Å². The van der Waals surface area contributed by atoms with Crippen molar-refractivity contribution in [2.24, 2.45) is 7.05 Å². The van der Waals surface area contributed by atoms with Crippen LogP contribution in [0.5, 0.6) is 0 Å². The van der Waals surface area contributed by atoms with Gasteiger partial charge in [0.05, 0.1) is 6.54 Å². The van der Waals surface area contributed by atoms with E-state index in [0.717, 1.165) is 55.0 Å². The topological polar surface area (TPSA) is 70.1 Å². The molecule has 0 aliphatic carbocycles. The molecule has 7 nitrogen and oxygen atoms in total. The summed E-state index contributed by atoms with van der Waals surface area (Å²) in [4.78, 5) is 20.1. The summed E-state index contributed by atoms with van der Waals surface area (Å²) < 4.78 is 2.11. The fraction of sp³-hybridized carbons (Fsp3) is 0.450. The maximum Gasteiger partial charge on any atom is 0.270 e. The van der Waals surface area contributed by atoms with Gasteiger partial charge in [-0.3, -0.25) is 4.79 Å². The third-order valence-corrected chi connectivity index (χ3v) is 5.36. The van der Waals surface area contributed by atoms with Crippen molar-refractivity contribution in [1.82, 2.24) is 29.5 Å². The van der Waals surface area contributed by atoms with Crippen LogP contribution in [0.3, 0.4) is 0 Å². The molecule has 0 bridgehead atoms. The fourth-order valence-corrected chi connectivity index (χ4v) is 3.85. The van der Waals surface area contributed by atoms with Gasteiger partial charge >= 0.3 is 0 Å². The highest BCUT2D eigenvalue weighted by Crippen LogP contribution is 2.28. The first-order chi connectivity index (χ1) is 13.0. The van der Waals surface area contributed by atoms with Gasteiger partial charge in [-0.25, -0.2) is 0 Å². The average molecular weight is 366 g/mol. The van der Waals surface area contributed by atoms with Crippen LogP contribution >= 0.6 is 0 Å². The van der Waals surface area contributed by atoms with Crippen molar-refractivity contribution in [2.45, 2.75) is 25.3 Å². The number of fused-ring (bicyclic) bond motifs is 1. The minimum absolute atomic E-state index is 0.0795. The Morgan fingerprint density at radius 3 is 2.67 bits per heavy atom. The average Bonchev–Trinajstić information content (AvgIpc) is 3.25. The van der Waals surface area contributed by atoms with Crippen LogP contribution in [0.15, 0.2) is 30.3 Å². The van der Waals surface area contributed by atoms with Crippen LogP contribution in [0.4, 0.5) is 0 Å². The smallest absolute Gasteiger partial charge is 0.270 e. The zero-order valence-corrected chi connectivity index (χ0v) is 16.1. The lowest BCUT2D eigenvalue weighted by atomic mass is 9.95. The van der Waals surface area contributed by atoms with E-state index in [2.05, 4.69) is 24.6 Å². The Kier molecular flexibility index (Phi) is 4.70. The first-order valence-corrected chi connectivity index (χ1v) is 9.43. The Balaban J connectivity index is 1.43. The molecule has 27 heavy (non-hydrogen) atoms. The van der Waals surface area contributed by atoms with Crippen molar-refractivity contribution in [3.63, 3.8) is 0 Å². The number of rotatable bonds is 4. The number of carbonyl (C=O) groups excluding carboxylic acids is 1.